The second kappa shape index (κ2) is 6.50. The van der Waals surface area contributed by atoms with E-state index in [4.69, 9.17) is 5.11 Å². The van der Waals surface area contributed by atoms with E-state index in [1.54, 1.807) is 0 Å². The second-order valence-corrected chi connectivity index (χ2v) is 6.59. The number of nitrogens with one attached hydrogen (secondary N) is 1. The van der Waals surface area contributed by atoms with Gasteiger partial charge in [0.15, 0.2) is 0 Å². The van der Waals surface area contributed by atoms with E-state index in [0.717, 1.165) is 37.3 Å². The number of amides is 2. The number of carboxylic acids is 1. The number of carbonyl (C=O) groups is 2. The summed E-state index contributed by atoms with van der Waals surface area (Å²) in [6, 6.07) is 0.224. The smallest absolute Gasteiger partial charge is 0.317 e. The van der Waals surface area contributed by atoms with Gasteiger partial charge >= 0.3 is 12.0 Å². The van der Waals surface area contributed by atoms with Crippen LogP contribution in [0.2, 0.25) is 0 Å². The highest BCUT2D eigenvalue weighted by molar-refractivity contribution is 7.99. The Bertz CT molecular complexity index is 351. The van der Waals surface area contributed by atoms with Crippen LogP contribution in [0, 0.1) is 11.8 Å². The van der Waals surface area contributed by atoms with Gasteiger partial charge in [-0.25, -0.2) is 4.79 Å². The third-order valence-electron chi connectivity index (χ3n) is 4.12. The van der Waals surface area contributed by atoms with Crippen molar-refractivity contribution >= 4 is 23.8 Å². The summed E-state index contributed by atoms with van der Waals surface area (Å²) >= 11 is 1.87. The first-order valence-electron chi connectivity index (χ1n) is 6.94. The van der Waals surface area contributed by atoms with Crippen LogP contribution in [0.4, 0.5) is 4.79 Å². The van der Waals surface area contributed by atoms with E-state index in [1.165, 1.54) is 0 Å². The molecule has 1 aliphatic heterocycles. The predicted octanol–water partition coefficient (Wildman–Crippen LogP) is 1.63. The van der Waals surface area contributed by atoms with Crippen molar-refractivity contribution in [3.05, 3.63) is 0 Å². The zero-order chi connectivity index (χ0) is 13.8. The Morgan fingerprint density at radius 3 is 2.89 bits per heavy atom. The lowest BCUT2D eigenvalue weighted by Gasteiger charge is -2.33. The molecule has 6 heteroatoms. The normalized spacial score (nSPS) is 31.2. The van der Waals surface area contributed by atoms with Crippen LogP contribution in [0.5, 0.6) is 0 Å². The molecule has 2 rings (SSSR count). The van der Waals surface area contributed by atoms with Gasteiger partial charge in [0.2, 0.25) is 0 Å². The van der Waals surface area contributed by atoms with Crippen molar-refractivity contribution in [3.8, 4) is 0 Å². The largest absolute Gasteiger partial charge is 0.481 e. The number of hydrogen-bond donors (Lipinski definition) is 2. The third kappa shape index (κ3) is 3.55. The quantitative estimate of drug-likeness (QED) is 0.827. The van der Waals surface area contributed by atoms with E-state index >= 15 is 0 Å². The molecule has 0 spiro atoms. The highest BCUT2D eigenvalue weighted by Crippen LogP contribution is 2.31. The Kier molecular flexibility index (Phi) is 4.96. The molecule has 0 radical (unpaired) electrons. The molecule has 1 aliphatic carbocycles. The molecule has 2 aliphatic rings. The summed E-state index contributed by atoms with van der Waals surface area (Å²) in [7, 11) is 0. The molecule has 2 N–H and O–H groups in total. The molecule has 0 aromatic heterocycles. The molecule has 0 aromatic carbocycles. The lowest BCUT2D eigenvalue weighted by atomic mass is 9.96. The Morgan fingerprint density at radius 2 is 2.21 bits per heavy atom. The number of urea groups is 1. The zero-order valence-electron chi connectivity index (χ0n) is 11.3. The summed E-state index contributed by atoms with van der Waals surface area (Å²) in [6.07, 6.45) is 2.60. The molecule has 1 saturated carbocycles. The Morgan fingerprint density at radius 1 is 1.42 bits per heavy atom. The highest BCUT2D eigenvalue weighted by atomic mass is 32.2. The lowest BCUT2D eigenvalue weighted by Crippen LogP contribution is -2.50. The molecule has 0 bridgehead atoms. The van der Waals surface area contributed by atoms with Crippen LogP contribution in [0.25, 0.3) is 0 Å². The average Bonchev–Trinajstić information content (AvgIpc) is 2.85. The van der Waals surface area contributed by atoms with Crippen molar-refractivity contribution in [1.29, 1.82) is 0 Å². The maximum Gasteiger partial charge on any atom is 0.317 e. The number of carbonyl (C=O) groups excluding carboxylic acids is 1. The molecule has 0 aromatic rings. The monoisotopic (exact) mass is 286 g/mol. The van der Waals surface area contributed by atoms with E-state index in [0.29, 0.717) is 6.54 Å². The predicted molar refractivity (Wildman–Crippen MR) is 75.4 cm³/mol. The maximum atomic E-state index is 12.1. The molecule has 1 heterocycles. The van der Waals surface area contributed by atoms with Crippen LogP contribution >= 0.6 is 11.8 Å². The van der Waals surface area contributed by atoms with Crippen LogP contribution in [-0.4, -0.2) is 52.6 Å². The molecule has 5 nitrogen and oxygen atoms in total. The van der Waals surface area contributed by atoms with Crippen molar-refractivity contribution in [2.45, 2.75) is 32.2 Å². The molecule has 1 saturated heterocycles. The first-order valence-corrected chi connectivity index (χ1v) is 8.10. The van der Waals surface area contributed by atoms with Gasteiger partial charge in [0.05, 0.1) is 5.92 Å². The highest BCUT2D eigenvalue weighted by Gasteiger charge is 2.33. The van der Waals surface area contributed by atoms with Gasteiger partial charge in [-0.05, 0) is 25.7 Å². The summed E-state index contributed by atoms with van der Waals surface area (Å²) < 4.78 is 0. The summed E-state index contributed by atoms with van der Waals surface area (Å²) in [4.78, 5) is 25.0. The standard InChI is InChI=1S/C13H22N2O3S/c1-9-8-19-6-5-15(9)13(18)14-7-10-3-2-4-11(10)12(16)17/h9-11H,2-8H2,1H3,(H,14,18)(H,16,17). The topological polar surface area (TPSA) is 69.6 Å². The first kappa shape index (κ1) is 14.5. The van der Waals surface area contributed by atoms with E-state index in [9.17, 15) is 9.59 Å². The number of carboxylic acid groups (broad SMARTS) is 1. The van der Waals surface area contributed by atoms with Gasteiger partial charge in [-0.2, -0.15) is 11.8 Å². The third-order valence-corrected chi connectivity index (χ3v) is 5.31. The van der Waals surface area contributed by atoms with Crippen molar-refractivity contribution in [1.82, 2.24) is 10.2 Å². The molecular formula is C13H22N2O3S. The fraction of sp³-hybridized carbons (Fsp3) is 0.846. The molecule has 19 heavy (non-hydrogen) atoms. The Balaban J connectivity index is 1.81. The molecule has 3 unspecified atom stereocenters. The first-order chi connectivity index (χ1) is 9.09. The van der Waals surface area contributed by atoms with Crippen LogP contribution in [0.3, 0.4) is 0 Å². The van der Waals surface area contributed by atoms with Crippen molar-refractivity contribution in [2.24, 2.45) is 11.8 Å². The molecular weight excluding hydrogens is 264 g/mol. The van der Waals surface area contributed by atoms with Crippen molar-refractivity contribution < 1.29 is 14.7 Å². The van der Waals surface area contributed by atoms with E-state index < -0.39 is 5.97 Å². The fourth-order valence-electron chi connectivity index (χ4n) is 2.96. The summed E-state index contributed by atoms with van der Waals surface area (Å²) in [5.41, 5.74) is 0. The minimum Gasteiger partial charge on any atom is -0.481 e. The minimum atomic E-state index is -0.723. The van der Waals surface area contributed by atoms with Gasteiger partial charge in [-0.1, -0.05) is 6.42 Å². The van der Waals surface area contributed by atoms with Gasteiger partial charge in [-0.3, -0.25) is 4.79 Å². The van der Waals surface area contributed by atoms with Gasteiger partial charge in [-0.15, -0.1) is 0 Å². The molecule has 2 fully saturated rings. The maximum absolute atomic E-state index is 12.1. The minimum absolute atomic E-state index is 0.0381. The number of hydrogen-bond acceptors (Lipinski definition) is 3. The second-order valence-electron chi connectivity index (χ2n) is 5.44. The SMILES string of the molecule is CC1CSCCN1C(=O)NCC1CCCC1C(=O)O. The van der Waals surface area contributed by atoms with Crippen molar-refractivity contribution in [3.63, 3.8) is 0 Å². The molecule has 2 amide bonds. The number of thioether (sulfide) groups is 1. The number of aliphatic carboxylic acids is 1. The lowest BCUT2D eigenvalue weighted by molar-refractivity contribution is -0.142. The number of rotatable bonds is 3. The van der Waals surface area contributed by atoms with Crippen LogP contribution < -0.4 is 5.32 Å². The summed E-state index contributed by atoms with van der Waals surface area (Å²) in [5, 5.41) is 12.0. The summed E-state index contributed by atoms with van der Waals surface area (Å²) in [6.45, 7) is 3.33. The van der Waals surface area contributed by atoms with Gasteiger partial charge < -0.3 is 15.3 Å². The fourth-order valence-corrected chi connectivity index (χ4v) is 3.97. The average molecular weight is 286 g/mol. The van der Waals surface area contributed by atoms with Gasteiger partial charge in [0.1, 0.15) is 0 Å². The Hall–Kier alpha value is -0.910. The van der Waals surface area contributed by atoms with Crippen molar-refractivity contribution in [2.75, 3.05) is 24.6 Å². The van der Waals surface area contributed by atoms with Gasteiger partial charge in [0.25, 0.3) is 0 Å². The zero-order valence-corrected chi connectivity index (χ0v) is 12.1. The van der Waals surface area contributed by atoms with E-state index in [-0.39, 0.29) is 23.9 Å². The summed E-state index contributed by atoms with van der Waals surface area (Å²) in [5.74, 6) is 1.05. The number of nitrogens with zero attached hydrogens (tertiary/aromatic N) is 1. The van der Waals surface area contributed by atoms with Crippen LogP contribution in [-0.2, 0) is 4.79 Å². The van der Waals surface area contributed by atoms with Gasteiger partial charge in [0, 0.05) is 30.6 Å². The van der Waals surface area contributed by atoms with E-state index in [2.05, 4.69) is 12.2 Å². The van der Waals surface area contributed by atoms with Crippen LogP contribution in [0.15, 0.2) is 0 Å². The molecule has 3 atom stereocenters. The van der Waals surface area contributed by atoms with E-state index in [1.807, 2.05) is 16.7 Å². The molecule has 108 valence electrons. The Labute approximate surface area is 118 Å². The van der Waals surface area contributed by atoms with Crippen LogP contribution in [0.1, 0.15) is 26.2 Å².